The molecule has 5 rings (SSSR count). The van der Waals surface area contributed by atoms with Gasteiger partial charge in [-0.05, 0) is 54.4 Å². The number of hydrogen-bond donors (Lipinski definition) is 1. The molecule has 2 aromatic carbocycles. The second-order valence-corrected chi connectivity index (χ2v) is 10.5. The lowest BCUT2D eigenvalue weighted by atomic mass is 9.95. The third-order valence-electron chi connectivity index (χ3n) is 5.56. The van der Waals surface area contributed by atoms with Gasteiger partial charge in [-0.1, -0.05) is 59.0 Å². The van der Waals surface area contributed by atoms with Crippen molar-refractivity contribution in [2.75, 3.05) is 11.5 Å². The Balaban J connectivity index is 1.49. The SMILES string of the molecule is CCOc1cccc(C2C(C(=O)c3ccco3)=C(O)C(=O)N2c2nnc(SCc3ccc(Cl)cc3)s2)c1. The highest BCUT2D eigenvalue weighted by atomic mass is 35.5. The molecular formula is C26H20ClN3O5S2. The maximum atomic E-state index is 13.4. The first-order valence-corrected chi connectivity index (χ1v) is 13.4. The Morgan fingerprint density at radius 1 is 1.19 bits per heavy atom. The minimum Gasteiger partial charge on any atom is -0.503 e. The summed E-state index contributed by atoms with van der Waals surface area (Å²) < 4.78 is 11.5. The minimum absolute atomic E-state index is 0.0126. The van der Waals surface area contributed by atoms with E-state index in [1.54, 1.807) is 30.3 Å². The van der Waals surface area contributed by atoms with Gasteiger partial charge in [0.2, 0.25) is 10.9 Å². The largest absolute Gasteiger partial charge is 0.503 e. The zero-order valence-corrected chi connectivity index (χ0v) is 21.8. The van der Waals surface area contributed by atoms with Gasteiger partial charge in [0.1, 0.15) is 5.75 Å². The molecule has 0 aliphatic carbocycles. The summed E-state index contributed by atoms with van der Waals surface area (Å²) in [5.74, 6) is -0.776. The molecule has 188 valence electrons. The summed E-state index contributed by atoms with van der Waals surface area (Å²) in [6.45, 7) is 2.31. The summed E-state index contributed by atoms with van der Waals surface area (Å²) in [4.78, 5) is 28.0. The standard InChI is InChI=1S/C26H20ClN3O5S2/c1-2-34-18-6-3-5-16(13-18)21-20(22(31)19-7-4-12-35-19)23(32)24(33)30(21)25-28-29-26(37-25)36-14-15-8-10-17(27)11-9-15/h3-13,21,32H,2,14H2,1H3. The van der Waals surface area contributed by atoms with Gasteiger partial charge in [0, 0.05) is 10.8 Å². The van der Waals surface area contributed by atoms with E-state index in [9.17, 15) is 14.7 Å². The summed E-state index contributed by atoms with van der Waals surface area (Å²) in [6, 6.07) is 16.6. The van der Waals surface area contributed by atoms with Crippen LogP contribution in [-0.4, -0.2) is 33.6 Å². The van der Waals surface area contributed by atoms with Crippen LogP contribution >= 0.6 is 34.7 Å². The van der Waals surface area contributed by atoms with Crippen LogP contribution in [0.25, 0.3) is 0 Å². The maximum absolute atomic E-state index is 13.4. The molecule has 4 aromatic rings. The van der Waals surface area contributed by atoms with Crippen molar-refractivity contribution in [1.29, 1.82) is 0 Å². The van der Waals surface area contributed by atoms with Crippen LogP contribution in [0.15, 0.2) is 87.0 Å². The van der Waals surface area contributed by atoms with E-state index in [1.807, 2.05) is 31.2 Å². The van der Waals surface area contributed by atoms with Crippen LogP contribution < -0.4 is 9.64 Å². The minimum atomic E-state index is -0.951. The molecule has 1 N–H and O–H groups in total. The van der Waals surface area contributed by atoms with Gasteiger partial charge in [0.15, 0.2) is 15.9 Å². The molecule has 0 radical (unpaired) electrons. The van der Waals surface area contributed by atoms with Crippen molar-refractivity contribution >= 4 is 51.5 Å². The van der Waals surface area contributed by atoms with Crippen molar-refractivity contribution < 1.29 is 23.8 Å². The van der Waals surface area contributed by atoms with Crippen LogP contribution in [-0.2, 0) is 10.5 Å². The van der Waals surface area contributed by atoms with Gasteiger partial charge in [-0.25, -0.2) is 0 Å². The first-order chi connectivity index (χ1) is 18.0. The van der Waals surface area contributed by atoms with E-state index < -0.39 is 23.5 Å². The van der Waals surface area contributed by atoms with E-state index >= 15 is 0 Å². The fraction of sp³-hybridized carbons (Fsp3) is 0.154. The van der Waals surface area contributed by atoms with Gasteiger partial charge in [-0.2, -0.15) is 0 Å². The van der Waals surface area contributed by atoms with Crippen molar-refractivity contribution in [2.24, 2.45) is 0 Å². The Labute approximate surface area is 225 Å². The van der Waals surface area contributed by atoms with Gasteiger partial charge in [0.25, 0.3) is 5.91 Å². The fourth-order valence-corrected chi connectivity index (χ4v) is 5.86. The molecule has 1 atom stereocenters. The first kappa shape index (κ1) is 25.1. The van der Waals surface area contributed by atoms with Crippen molar-refractivity contribution in [3.05, 3.63) is 100 Å². The predicted molar refractivity (Wildman–Crippen MR) is 141 cm³/mol. The molecule has 37 heavy (non-hydrogen) atoms. The molecule has 1 aliphatic rings. The van der Waals surface area contributed by atoms with Crippen molar-refractivity contribution in [2.45, 2.75) is 23.1 Å². The molecule has 2 aromatic heterocycles. The lowest BCUT2D eigenvalue weighted by molar-refractivity contribution is -0.117. The highest BCUT2D eigenvalue weighted by Crippen LogP contribution is 2.44. The number of carbonyl (C=O) groups is 2. The third kappa shape index (κ3) is 5.13. The van der Waals surface area contributed by atoms with Gasteiger partial charge in [0.05, 0.1) is 24.5 Å². The lowest BCUT2D eigenvalue weighted by Gasteiger charge is -2.24. The van der Waals surface area contributed by atoms with Crippen LogP contribution in [0.1, 0.15) is 34.6 Å². The lowest BCUT2D eigenvalue weighted by Crippen LogP contribution is -2.31. The molecule has 1 amide bonds. The Bertz CT molecular complexity index is 1470. The van der Waals surface area contributed by atoms with Gasteiger partial charge in [-0.3, -0.25) is 14.5 Å². The highest BCUT2D eigenvalue weighted by molar-refractivity contribution is 8.00. The summed E-state index contributed by atoms with van der Waals surface area (Å²) in [5.41, 5.74) is 1.53. The third-order valence-corrected chi connectivity index (χ3v) is 7.94. The summed E-state index contributed by atoms with van der Waals surface area (Å²) in [5, 5.41) is 20.3. The summed E-state index contributed by atoms with van der Waals surface area (Å²) in [6.07, 6.45) is 1.36. The van der Waals surface area contributed by atoms with E-state index in [4.69, 9.17) is 20.8 Å². The number of Topliss-reactive ketones (excluding diaryl/α,β-unsaturated/α-hetero) is 1. The Kier molecular flexibility index (Phi) is 7.31. The predicted octanol–water partition coefficient (Wildman–Crippen LogP) is 6.26. The number of nitrogens with zero attached hydrogens (tertiary/aromatic N) is 3. The number of furan rings is 1. The monoisotopic (exact) mass is 553 g/mol. The summed E-state index contributed by atoms with van der Waals surface area (Å²) >= 11 is 8.62. The number of aromatic nitrogens is 2. The van der Waals surface area contributed by atoms with Crippen LogP contribution in [0.4, 0.5) is 5.13 Å². The molecular weight excluding hydrogens is 534 g/mol. The Morgan fingerprint density at radius 2 is 2.00 bits per heavy atom. The van der Waals surface area contributed by atoms with Crippen molar-refractivity contribution in [1.82, 2.24) is 10.2 Å². The Hall–Kier alpha value is -3.60. The zero-order valence-electron chi connectivity index (χ0n) is 19.5. The van der Waals surface area contributed by atoms with E-state index in [0.29, 0.717) is 33.0 Å². The van der Waals surface area contributed by atoms with Gasteiger partial charge < -0.3 is 14.3 Å². The normalized spacial score (nSPS) is 15.5. The van der Waals surface area contributed by atoms with Crippen LogP contribution in [0, 0.1) is 0 Å². The number of thioether (sulfide) groups is 1. The molecule has 0 spiro atoms. The smallest absolute Gasteiger partial charge is 0.296 e. The topological polar surface area (TPSA) is 106 Å². The van der Waals surface area contributed by atoms with Crippen LogP contribution in [0.2, 0.25) is 5.02 Å². The number of hydrogen-bond acceptors (Lipinski definition) is 9. The van der Waals surface area contributed by atoms with Crippen LogP contribution in [0.5, 0.6) is 5.75 Å². The number of halogens is 1. The average Bonchev–Trinajstić information content (AvgIpc) is 3.65. The van der Waals surface area contributed by atoms with Crippen LogP contribution in [0.3, 0.4) is 0 Å². The molecule has 0 bridgehead atoms. The van der Waals surface area contributed by atoms with Gasteiger partial charge >= 0.3 is 0 Å². The van der Waals surface area contributed by atoms with E-state index in [-0.39, 0.29) is 16.5 Å². The molecule has 3 heterocycles. The Morgan fingerprint density at radius 3 is 2.73 bits per heavy atom. The number of aliphatic hydroxyl groups is 1. The molecule has 11 heteroatoms. The molecule has 0 saturated heterocycles. The average molecular weight is 554 g/mol. The number of aliphatic hydroxyl groups excluding tert-OH is 1. The quantitative estimate of drug-likeness (QED) is 0.147. The first-order valence-electron chi connectivity index (χ1n) is 11.2. The zero-order chi connectivity index (χ0) is 25.9. The van der Waals surface area contributed by atoms with Crippen molar-refractivity contribution in [3.63, 3.8) is 0 Å². The molecule has 8 nitrogen and oxygen atoms in total. The molecule has 1 unspecified atom stereocenters. The number of ketones is 1. The summed E-state index contributed by atoms with van der Waals surface area (Å²) in [7, 11) is 0. The number of ether oxygens (including phenoxy) is 1. The van der Waals surface area contributed by atoms with E-state index in [0.717, 1.165) is 5.56 Å². The van der Waals surface area contributed by atoms with Crippen molar-refractivity contribution in [3.8, 4) is 5.75 Å². The number of amides is 1. The number of rotatable bonds is 9. The number of carbonyl (C=O) groups excluding carboxylic acids is 2. The molecule has 0 saturated carbocycles. The number of benzene rings is 2. The number of anilines is 1. The van der Waals surface area contributed by atoms with E-state index in [2.05, 4.69) is 10.2 Å². The second-order valence-electron chi connectivity index (χ2n) is 7.92. The van der Waals surface area contributed by atoms with E-state index in [1.165, 1.54) is 40.3 Å². The fourth-order valence-electron chi connectivity index (χ4n) is 3.92. The highest BCUT2D eigenvalue weighted by Gasteiger charge is 2.46. The second kappa shape index (κ2) is 10.8. The molecule has 1 aliphatic heterocycles. The molecule has 0 fully saturated rings. The van der Waals surface area contributed by atoms with Gasteiger partial charge in [-0.15, -0.1) is 10.2 Å². The maximum Gasteiger partial charge on any atom is 0.296 e.